The standard InChI is InChI=1S/C13H8F4S/c14-9-3-1-4-10(15)8(9)7-18-13-11(16)5-2-6-12(13)17/h1-6H,7H2. The summed E-state index contributed by atoms with van der Waals surface area (Å²) in [7, 11) is 0. The van der Waals surface area contributed by atoms with Gasteiger partial charge in [0.2, 0.25) is 0 Å². The lowest BCUT2D eigenvalue weighted by Gasteiger charge is -2.06. The van der Waals surface area contributed by atoms with Crippen LogP contribution >= 0.6 is 11.8 Å². The highest BCUT2D eigenvalue weighted by molar-refractivity contribution is 7.98. The van der Waals surface area contributed by atoms with E-state index in [0.717, 1.165) is 36.0 Å². The quantitative estimate of drug-likeness (QED) is 0.584. The van der Waals surface area contributed by atoms with Crippen LogP contribution in [0.3, 0.4) is 0 Å². The molecule has 0 amide bonds. The predicted molar refractivity (Wildman–Crippen MR) is 62.3 cm³/mol. The van der Waals surface area contributed by atoms with Gasteiger partial charge in [-0.05, 0) is 24.3 Å². The van der Waals surface area contributed by atoms with Gasteiger partial charge in [-0.15, -0.1) is 11.8 Å². The minimum atomic E-state index is -0.739. The van der Waals surface area contributed by atoms with Crippen LogP contribution in [-0.4, -0.2) is 0 Å². The lowest BCUT2D eigenvalue weighted by Crippen LogP contribution is -1.94. The summed E-state index contributed by atoms with van der Waals surface area (Å²) in [6.45, 7) is 0. The summed E-state index contributed by atoms with van der Waals surface area (Å²) in [5.74, 6) is -3.09. The van der Waals surface area contributed by atoms with Crippen LogP contribution in [0.5, 0.6) is 0 Å². The molecule has 18 heavy (non-hydrogen) atoms. The molecule has 0 bridgehead atoms. The molecule has 0 radical (unpaired) electrons. The molecule has 5 heteroatoms. The van der Waals surface area contributed by atoms with E-state index in [9.17, 15) is 17.6 Å². The normalized spacial score (nSPS) is 10.7. The number of hydrogen-bond donors (Lipinski definition) is 0. The molecule has 2 aromatic rings. The van der Waals surface area contributed by atoms with Gasteiger partial charge < -0.3 is 0 Å². The van der Waals surface area contributed by atoms with Gasteiger partial charge in [-0.1, -0.05) is 12.1 Å². The van der Waals surface area contributed by atoms with E-state index in [1.807, 2.05) is 0 Å². The van der Waals surface area contributed by atoms with E-state index >= 15 is 0 Å². The number of thioether (sulfide) groups is 1. The Kier molecular flexibility index (Phi) is 3.91. The highest BCUT2D eigenvalue weighted by atomic mass is 32.2. The Bertz CT molecular complexity index is 477. The first-order chi connectivity index (χ1) is 8.59. The monoisotopic (exact) mass is 272 g/mol. The Hall–Kier alpha value is -1.49. The van der Waals surface area contributed by atoms with E-state index in [4.69, 9.17) is 0 Å². The molecule has 0 saturated carbocycles. The topological polar surface area (TPSA) is 0 Å². The molecule has 0 fully saturated rings. The van der Waals surface area contributed by atoms with E-state index in [2.05, 4.69) is 0 Å². The average molecular weight is 272 g/mol. The summed E-state index contributed by atoms with van der Waals surface area (Å²) in [5.41, 5.74) is -0.190. The average Bonchev–Trinajstić information content (AvgIpc) is 2.31. The van der Waals surface area contributed by atoms with Crippen molar-refractivity contribution in [2.24, 2.45) is 0 Å². The molecule has 94 valence electrons. The molecule has 0 nitrogen and oxygen atoms in total. The maximum atomic E-state index is 13.3. The van der Waals surface area contributed by atoms with Crippen LogP contribution in [0.25, 0.3) is 0 Å². The van der Waals surface area contributed by atoms with Gasteiger partial charge in [-0.2, -0.15) is 0 Å². The third-order valence-electron chi connectivity index (χ3n) is 2.34. The summed E-state index contributed by atoms with van der Waals surface area (Å²) in [5, 5.41) is 0. The molecule has 0 aliphatic carbocycles. The summed E-state index contributed by atoms with van der Waals surface area (Å²) in [4.78, 5) is -0.236. The van der Waals surface area contributed by atoms with Crippen LogP contribution in [0, 0.1) is 23.3 Å². The van der Waals surface area contributed by atoms with Gasteiger partial charge >= 0.3 is 0 Å². The second kappa shape index (κ2) is 5.44. The molecule has 0 spiro atoms. The smallest absolute Gasteiger partial charge is 0.139 e. The molecule has 0 aliphatic heterocycles. The van der Waals surface area contributed by atoms with Gasteiger partial charge in [0.1, 0.15) is 23.3 Å². The van der Waals surface area contributed by atoms with Gasteiger partial charge in [-0.3, -0.25) is 0 Å². The van der Waals surface area contributed by atoms with Gasteiger partial charge in [0, 0.05) is 11.3 Å². The Labute approximate surface area is 106 Å². The summed E-state index contributed by atoms with van der Waals surface area (Å²) in [6.07, 6.45) is 0. The number of hydrogen-bond acceptors (Lipinski definition) is 1. The van der Waals surface area contributed by atoms with Crippen LogP contribution in [0.1, 0.15) is 5.56 Å². The zero-order valence-corrected chi connectivity index (χ0v) is 9.91. The van der Waals surface area contributed by atoms with E-state index in [1.54, 1.807) is 0 Å². The van der Waals surface area contributed by atoms with Crippen molar-refractivity contribution in [1.29, 1.82) is 0 Å². The highest BCUT2D eigenvalue weighted by Crippen LogP contribution is 2.29. The third kappa shape index (κ3) is 2.67. The predicted octanol–water partition coefficient (Wildman–Crippen LogP) is 4.54. The number of halogens is 4. The molecule has 0 unspecified atom stereocenters. The summed E-state index contributed by atoms with van der Waals surface area (Å²) >= 11 is 0.725. The largest absolute Gasteiger partial charge is 0.207 e. The first-order valence-corrected chi connectivity index (χ1v) is 6.08. The van der Waals surface area contributed by atoms with Crippen molar-refractivity contribution in [3.63, 3.8) is 0 Å². The van der Waals surface area contributed by atoms with E-state index < -0.39 is 23.3 Å². The van der Waals surface area contributed by atoms with Crippen molar-refractivity contribution in [3.05, 3.63) is 65.2 Å². The molecule has 0 heterocycles. The molecule has 0 atom stereocenters. The molecular formula is C13H8F4S. The Morgan fingerprint density at radius 2 is 1.17 bits per heavy atom. The van der Waals surface area contributed by atoms with Gasteiger partial charge in [-0.25, -0.2) is 17.6 Å². The second-order valence-electron chi connectivity index (χ2n) is 3.54. The zero-order chi connectivity index (χ0) is 13.1. The molecule has 0 aliphatic rings. The molecular weight excluding hydrogens is 264 g/mol. The van der Waals surface area contributed by atoms with Crippen molar-refractivity contribution in [2.45, 2.75) is 10.6 Å². The van der Waals surface area contributed by atoms with Crippen LogP contribution in [0.15, 0.2) is 41.3 Å². The minimum Gasteiger partial charge on any atom is -0.207 e. The number of rotatable bonds is 3. The van der Waals surface area contributed by atoms with Gasteiger partial charge in [0.15, 0.2) is 0 Å². The lowest BCUT2D eigenvalue weighted by molar-refractivity contribution is 0.539. The van der Waals surface area contributed by atoms with Crippen molar-refractivity contribution in [2.75, 3.05) is 0 Å². The maximum absolute atomic E-state index is 13.3. The minimum absolute atomic E-state index is 0.170. The van der Waals surface area contributed by atoms with Crippen LogP contribution in [0.4, 0.5) is 17.6 Å². The fourth-order valence-electron chi connectivity index (χ4n) is 1.43. The Morgan fingerprint density at radius 3 is 1.67 bits per heavy atom. The Morgan fingerprint density at radius 1 is 0.722 bits per heavy atom. The summed E-state index contributed by atoms with van der Waals surface area (Å²) < 4.78 is 53.2. The maximum Gasteiger partial charge on any atom is 0.139 e. The van der Waals surface area contributed by atoms with Gasteiger partial charge in [0.05, 0.1) is 4.90 Å². The van der Waals surface area contributed by atoms with Crippen molar-refractivity contribution in [3.8, 4) is 0 Å². The van der Waals surface area contributed by atoms with Crippen molar-refractivity contribution >= 4 is 11.8 Å². The summed E-state index contributed by atoms with van der Waals surface area (Å²) in [6, 6.07) is 6.89. The molecule has 0 saturated heterocycles. The third-order valence-corrected chi connectivity index (χ3v) is 3.45. The van der Waals surface area contributed by atoms with Crippen molar-refractivity contribution < 1.29 is 17.6 Å². The SMILES string of the molecule is Fc1cccc(F)c1CSc1c(F)cccc1F. The lowest BCUT2D eigenvalue weighted by atomic mass is 10.2. The molecule has 0 N–H and O–H groups in total. The van der Waals surface area contributed by atoms with Crippen molar-refractivity contribution in [1.82, 2.24) is 0 Å². The van der Waals surface area contributed by atoms with E-state index in [1.165, 1.54) is 12.1 Å². The second-order valence-corrected chi connectivity index (χ2v) is 4.53. The fourth-order valence-corrected chi connectivity index (χ4v) is 2.41. The first kappa shape index (κ1) is 13.0. The van der Waals surface area contributed by atoms with Gasteiger partial charge in [0.25, 0.3) is 0 Å². The molecule has 2 rings (SSSR count). The highest BCUT2D eigenvalue weighted by Gasteiger charge is 2.13. The van der Waals surface area contributed by atoms with E-state index in [0.29, 0.717) is 0 Å². The van der Waals surface area contributed by atoms with Crippen LogP contribution in [0.2, 0.25) is 0 Å². The van der Waals surface area contributed by atoms with E-state index in [-0.39, 0.29) is 16.2 Å². The fraction of sp³-hybridized carbons (Fsp3) is 0.0769. The van der Waals surface area contributed by atoms with Crippen LogP contribution in [-0.2, 0) is 5.75 Å². The Balaban J connectivity index is 2.22. The van der Waals surface area contributed by atoms with Crippen LogP contribution < -0.4 is 0 Å². The zero-order valence-electron chi connectivity index (χ0n) is 9.09. The number of benzene rings is 2. The molecule has 0 aromatic heterocycles. The first-order valence-electron chi connectivity index (χ1n) is 5.09. The molecule has 2 aromatic carbocycles.